The molecule has 0 bridgehead atoms. The maximum atomic E-state index is 12.6. The molecule has 2 N–H and O–H groups in total. The van der Waals surface area contributed by atoms with Gasteiger partial charge < -0.3 is 10.1 Å². The summed E-state index contributed by atoms with van der Waals surface area (Å²) in [5.41, 5.74) is 2.96. The van der Waals surface area contributed by atoms with Crippen LogP contribution in [-0.2, 0) is 10.2 Å². The van der Waals surface area contributed by atoms with Gasteiger partial charge in [-0.1, -0.05) is 45.0 Å². The number of hydrogen-bond donors (Lipinski definition) is 2. The number of nitrogens with zero attached hydrogens (tertiary/aromatic N) is 3. The molecule has 0 aliphatic carbocycles. The number of benzene rings is 1. The van der Waals surface area contributed by atoms with Crippen LogP contribution in [0.2, 0.25) is 0 Å². The second-order valence-corrected chi connectivity index (χ2v) is 8.37. The maximum Gasteiger partial charge on any atom is 0.422 e. The second-order valence-electron chi connectivity index (χ2n) is 8.37. The predicted octanol–water partition coefficient (Wildman–Crippen LogP) is 4.33. The Balaban J connectivity index is 2.06. The number of halogens is 3. The third-order valence-electron chi connectivity index (χ3n) is 4.72. The fourth-order valence-corrected chi connectivity index (χ4v) is 3.16. The van der Waals surface area contributed by atoms with E-state index < -0.39 is 18.8 Å². The van der Waals surface area contributed by atoms with Crippen molar-refractivity contribution in [3.8, 4) is 17.0 Å². The van der Waals surface area contributed by atoms with Gasteiger partial charge in [0.2, 0.25) is 5.91 Å². The van der Waals surface area contributed by atoms with Gasteiger partial charge in [0.1, 0.15) is 11.4 Å². The zero-order valence-electron chi connectivity index (χ0n) is 18.1. The van der Waals surface area contributed by atoms with Crippen LogP contribution in [0.5, 0.6) is 5.75 Å². The highest BCUT2D eigenvalue weighted by molar-refractivity contribution is 5.75. The van der Waals surface area contributed by atoms with Gasteiger partial charge >= 0.3 is 6.18 Å². The molecule has 2 aromatic heterocycles. The van der Waals surface area contributed by atoms with Crippen molar-refractivity contribution in [2.45, 2.75) is 45.3 Å². The first-order valence-electron chi connectivity index (χ1n) is 9.87. The molecule has 32 heavy (non-hydrogen) atoms. The molecule has 0 spiro atoms. The number of hydrogen-bond acceptors (Lipinski definition) is 5. The summed E-state index contributed by atoms with van der Waals surface area (Å²) in [6, 6.07) is 8.48. The zero-order chi connectivity index (χ0) is 23.5. The van der Waals surface area contributed by atoms with Crippen molar-refractivity contribution in [2.24, 2.45) is 0 Å². The number of amides is 1. The lowest BCUT2D eigenvalue weighted by atomic mass is 9.86. The molecule has 1 aromatic carbocycles. The van der Waals surface area contributed by atoms with Gasteiger partial charge in [-0.2, -0.15) is 28.6 Å². The molecule has 1 atom stereocenters. The molecular formula is C22H24F3N5O2. The third kappa shape index (κ3) is 5.83. The predicted molar refractivity (Wildman–Crippen MR) is 112 cm³/mol. The Bertz CT molecular complexity index is 1060. The van der Waals surface area contributed by atoms with Gasteiger partial charge in [-0.05, 0) is 22.6 Å². The van der Waals surface area contributed by atoms with Crippen molar-refractivity contribution in [1.29, 1.82) is 0 Å². The van der Waals surface area contributed by atoms with Crippen molar-refractivity contribution in [3.05, 3.63) is 59.5 Å². The van der Waals surface area contributed by atoms with Crippen LogP contribution >= 0.6 is 0 Å². The number of aromatic nitrogens is 4. The van der Waals surface area contributed by atoms with Crippen LogP contribution in [0.15, 0.2) is 42.7 Å². The summed E-state index contributed by atoms with van der Waals surface area (Å²) in [5, 5.41) is 13.2. The number of rotatable bonds is 6. The molecule has 2 heterocycles. The molecule has 10 heteroatoms. The van der Waals surface area contributed by atoms with Crippen LogP contribution in [0.1, 0.15) is 50.6 Å². The normalized spacial score (nSPS) is 13.0. The van der Waals surface area contributed by atoms with E-state index in [1.165, 1.54) is 25.4 Å². The van der Waals surface area contributed by atoms with E-state index in [-0.39, 0.29) is 17.1 Å². The van der Waals surface area contributed by atoms with Gasteiger partial charge in [-0.15, -0.1) is 0 Å². The number of pyridine rings is 1. The smallest absolute Gasteiger partial charge is 0.422 e. The van der Waals surface area contributed by atoms with Crippen molar-refractivity contribution >= 4 is 5.91 Å². The monoisotopic (exact) mass is 447 g/mol. The summed E-state index contributed by atoms with van der Waals surface area (Å²) < 4.78 is 42.6. The van der Waals surface area contributed by atoms with Gasteiger partial charge in [0, 0.05) is 12.5 Å². The van der Waals surface area contributed by atoms with E-state index in [2.05, 4.69) is 46.5 Å². The molecule has 1 amide bonds. The quantitative estimate of drug-likeness (QED) is 0.587. The average Bonchev–Trinajstić information content (AvgIpc) is 3.24. The SMILES string of the molecule is CC(=O)N[C@@H](c1ccc(C(C)(C)C)cc1)c1ncc(OCC(F)(F)F)cc1-c1cn[nH]n1. The standard InChI is InChI=1S/C22H24F3N5O2/c1-13(31)28-19(14-5-7-15(8-6-14)21(2,3)4)20-17(18-11-27-30-29-18)9-16(10-26-20)32-12-22(23,24)25/h5-11,19H,12H2,1-4H3,(H,28,31)(H,27,29,30)/t19-/m0/s1. The van der Waals surface area contributed by atoms with Crippen molar-refractivity contribution < 1.29 is 22.7 Å². The summed E-state index contributed by atoms with van der Waals surface area (Å²) >= 11 is 0. The second kappa shape index (κ2) is 8.97. The molecule has 0 aliphatic heterocycles. The topological polar surface area (TPSA) is 92.8 Å². The van der Waals surface area contributed by atoms with Crippen molar-refractivity contribution in [1.82, 2.24) is 25.7 Å². The molecule has 0 unspecified atom stereocenters. The minimum atomic E-state index is -4.49. The number of carbonyl (C=O) groups excluding carboxylic acids is 1. The molecule has 0 fully saturated rings. The molecular weight excluding hydrogens is 423 g/mol. The van der Waals surface area contributed by atoms with E-state index in [0.29, 0.717) is 17.0 Å². The largest absolute Gasteiger partial charge is 0.482 e. The van der Waals surface area contributed by atoms with Crippen LogP contribution in [-0.4, -0.2) is 39.1 Å². The first-order chi connectivity index (χ1) is 14.9. The fraction of sp³-hybridized carbons (Fsp3) is 0.364. The van der Waals surface area contributed by atoms with E-state index in [0.717, 1.165) is 11.1 Å². The zero-order valence-corrected chi connectivity index (χ0v) is 18.1. The Labute approximate surface area is 183 Å². The molecule has 0 aliphatic rings. The van der Waals surface area contributed by atoms with E-state index in [1.807, 2.05) is 24.3 Å². The highest BCUT2D eigenvalue weighted by atomic mass is 19.4. The number of nitrogens with one attached hydrogen (secondary N) is 2. The Kier molecular flexibility index (Phi) is 6.52. The van der Waals surface area contributed by atoms with E-state index in [9.17, 15) is 18.0 Å². The number of ether oxygens (including phenoxy) is 1. The van der Waals surface area contributed by atoms with Gasteiger partial charge in [-0.3, -0.25) is 9.78 Å². The third-order valence-corrected chi connectivity index (χ3v) is 4.72. The molecule has 7 nitrogen and oxygen atoms in total. The van der Waals surface area contributed by atoms with E-state index >= 15 is 0 Å². The Morgan fingerprint density at radius 3 is 2.38 bits per heavy atom. The summed E-state index contributed by atoms with van der Waals surface area (Å²) in [6.07, 6.45) is -1.87. The van der Waals surface area contributed by atoms with Crippen molar-refractivity contribution in [2.75, 3.05) is 6.61 Å². The van der Waals surface area contributed by atoms with Gasteiger partial charge in [-0.25, -0.2) is 0 Å². The molecule has 0 saturated heterocycles. The molecule has 0 saturated carbocycles. The first kappa shape index (κ1) is 23.2. The first-order valence-corrected chi connectivity index (χ1v) is 9.87. The summed E-state index contributed by atoms with van der Waals surface area (Å²) in [5.74, 6) is -0.367. The Morgan fingerprint density at radius 2 is 1.84 bits per heavy atom. The Hall–Kier alpha value is -3.43. The molecule has 3 aromatic rings. The van der Waals surface area contributed by atoms with Crippen LogP contribution in [0, 0.1) is 0 Å². The van der Waals surface area contributed by atoms with E-state index in [4.69, 9.17) is 4.74 Å². The van der Waals surface area contributed by atoms with Crippen LogP contribution in [0.3, 0.4) is 0 Å². The highest BCUT2D eigenvalue weighted by Gasteiger charge is 2.29. The number of H-pyrrole nitrogens is 1. The summed E-state index contributed by atoms with van der Waals surface area (Å²) in [7, 11) is 0. The number of carbonyl (C=O) groups is 1. The minimum Gasteiger partial charge on any atom is -0.482 e. The van der Waals surface area contributed by atoms with Gasteiger partial charge in [0.05, 0.1) is 24.1 Å². The number of alkyl halides is 3. The van der Waals surface area contributed by atoms with Crippen molar-refractivity contribution in [3.63, 3.8) is 0 Å². The number of aromatic amines is 1. The van der Waals surface area contributed by atoms with Crippen LogP contribution in [0.25, 0.3) is 11.3 Å². The van der Waals surface area contributed by atoms with Gasteiger partial charge in [0.25, 0.3) is 0 Å². The maximum absolute atomic E-state index is 12.6. The summed E-state index contributed by atoms with van der Waals surface area (Å²) in [4.78, 5) is 16.3. The molecule has 0 radical (unpaired) electrons. The molecule has 3 rings (SSSR count). The van der Waals surface area contributed by atoms with Crippen LogP contribution in [0.4, 0.5) is 13.2 Å². The van der Waals surface area contributed by atoms with Crippen LogP contribution < -0.4 is 10.1 Å². The lowest BCUT2D eigenvalue weighted by Gasteiger charge is -2.23. The Morgan fingerprint density at radius 1 is 1.16 bits per heavy atom. The minimum absolute atomic E-state index is 0.0520. The van der Waals surface area contributed by atoms with E-state index in [1.54, 1.807) is 0 Å². The lowest BCUT2D eigenvalue weighted by Crippen LogP contribution is -2.28. The average molecular weight is 447 g/mol. The fourth-order valence-electron chi connectivity index (χ4n) is 3.16. The van der Waals surface area contributed by atoms with Gasteiger partial charge in [0.15, 0.2) is 6.61 Å². The lowest BCUT2D eigenvalue weighted by molar-refractivity contribution is -0.153. The highest BCUT2D eigenvalue weighted by Crippen LogP contribution is 2.33. The summed E-state index contributed by atoms with van der Waals surface area (Å²) in [6.45, 7) is 6.22. The molecule has 170 valence electrons.